The summed E-state index contributed by atoms with van der Waals surface area (Å²) in [5.41, 5.74) is 1.27. The van der Waals surface area contributed by atoms with Crippen LogP contribution in [0.5, 0.6) is 5.75 Å². The molecule has 1 amide bonds. The molecule has 1 aliphatic heterocycles. The molecule has 7 heteroatoms. The molecule has 0 fully saturated rings. The minimum Gasteiger partial charge on any atom is -0.503 e. The highest BCUT2D eigenvalue weighted by atomic mass is 35.5. The molecule has 0 bridgehead atoms. The Balaban J connectivity index is 1.82. The lowest BCUT2D eigenvalue weighted by atomic mass is 9.95. The summed E-state index contributed by atoms with van der Waals surface area (Å²) in [4.78, 5) is 28.1. The van der Waals surface area contributed by atoms with Gasteiger partial charge in [0.05, 0.1) is 23.1 Å². The lowest BCUT2D eigenvalue weighted by Crippen LogP contribution is -2.31. The normalized spacial score (nSPS) is 16.3. The molecular formula is C23H18ClNO4S. The number of hydrogen-bond acceptors (Lipinski definition) is 5. The van der Waals surface area contributed by atoms with E-state index in [1.165, 1.54) is 16.2 Å². The van der Waals surface area contributed by atoms with Crippen LogP contribution in [0.2, 0.25) is 5.02 Å². The number of aliphatic hydroxyl groups is 1. The Morgan fingerprint density at radius 1 is 1.13 bits per heavy atom. The first-order chi connectivity index (χ1) is 14.5. The fraction of sp³-hybridized carbons (Fsp3) is 0.130. The Morgan fingerprint density at radius 3 is 2.43 bits per heavy atom. The van der Waals surface area contributed by atoms with Gasteiger partial charge in [-0.15, -0.1) is 11.3 Å². The molecule has 0 spiro atoms. The fourth-order valence-electron chi connectivity index (χ4n) is 3.47. The molecular weight excluding hydrogens is 422 g/mol. The zero-order valence-electron chi connectivity index (χ0n) is 16.0. The van der Waals surface area contributed by atoms with Gasteiger partial charge in [0.1, 0.15) is 5.75 Å². The van der Waals surface area contributed by atoms with Crippen LogP contribution in [0, 0.1) is 0 Å². The number of thiophene rings is 1. The van der Waals surface area contributed by atoms with E-state index in [2.05, 4.69) is 0 Å². The lowest BCUT2D eigenvalue weighted by molar-refractivity contribution is -0.117. The van der Waals surface area contributed by atoms with E-state index >= 15 is 0 Å². The number of aliphatic hydroxyl groups excluding tert-OH is 1. The molecule has 0 radical (unpaired) electrons. The molecule has 1 atom stereocenters. The van der Waals surface area contributed by atoms with Gasteiger partial charge in [-0.2, -0.15) is 0 Å². The molecule has 30 heavy (non-hydrogen) atoms. The third kappa shape index (κ3) is 3.60. The Morgan fingerprint density at radius 2 is 1.83 bits per heavy atom. The summed E-state index contributed by atoms with van der Waals surface area (Å²) in [6.07, 6.45) is 0. The van der Waals surface area contributed by atoms with Crippen LogP contribution in [0.15, 0.2) is 77.4 Å². The number of ether oxygens (including phenoxy) is 1. The predicted molar refractivity (Wildman–Crippen MR) is 118 cm³/mol. The topological polar surface area (TPSA) is 66.8 Å². The number of benzene rings is 2. The molecule has 0 aliphatic carbocycles. The molecule has 1 N–H and O–H groups in total. The first kappa shape index (κ1) is 20.2. The second-order valence-electron chi connectivity index (χ2n) is 6.62. The standard InChI is InChI=1S/C23H18ClNO4S/c1-2-29-17-11-9-16(10-12-17)25-20(14-5-7-15(24)8-6-14)19(22(27)23(25)28)21(26)18-4-3-13-30-18/h3-13,20,27H,2H2,1H3. The van der Waals surface area contributed by atoms with Crippen LogP contribution >= 0.6 is 22.9 Å². The third-order valence-corrected chi connectivity index (χ3v) is 5.93. The molecule has 152 valence electrons. The molecule has 1 unspecified atom stereocenters. The van der Waals surface area contributed by atoms with E-state index in [9.17, 15) is 14.7 Å². The van der Waals surface area contributed by atoms with Gasteiger partial charge in [0.15, 0.2) is 5.76 Å². The first-order valence-electron chi connectivity index (χ1n) is 9.34. The summed E-state index contributed by atoms with van der Waals surface area (Å²) in [6.45, 7) is 2.41. The van der Waals surface area contributed by atoms with Crippen molar-refractivity contribution in [2.75, 3.05) is 11.5 Å². The van der Waals surface area contributed by atoms with E-state index in [1.54, 1.807) is 66.0 Å². The quantitative estimate of drug-likeness (QED) is 0.509. The first-order valence-corrected chi connectivity index (χ1v) is 10.6. The van der Waals surface area contributed by atoms with E-state index in [0.717, 1.165) is 0 Å². The second kappa shape index (κ2) is 8.34. The van der Waals surface area contributed by atoms with Crippen molar-refractivity contribution in [1.29, 1.82) is 0 Å². The van der Waals surface area contributed by atoms with Crippen LogP contribution in [-0.4, -0.2) is 23.4 Å². The van der Waals surface area contributed by atoms with Gasteiger partial charge in [-0.1, -0.05) is 29.8 Å². The number of Topliss-reactive ketones (excluding diaryl/α,β-unsaturated/α-hetero) is 1. The van der Waals surface area contributed by atoms with Crippen molar-refractivity contribution in [3.8, 4) is 5.75 Å². The van der Waals surface area contributed by atoms with E-state index in [-0.39, 0.29) is 11.4 Å². The van der Waals surface area contributed by atoms with Crippen LogP contribution < -0.4 is 9.64 Å². The van der Waals surface area contributed by atoms with Crippen LogP contribution in [0.4, 0.5) is 5.69 Å². The van der Waals surface area contributed by atoms with Crippen LogP contribution in [-0.2, 0) is 4.79 Å². The van der Waals surface area contributed by atoms with Crippen molar-refractivity contribution >= 4 is 40.3 Å². The van der Waals surface area contributed by atoms with Gasteiger partial charge in [-0.25, -0.2) is 0 Å². The molecule has 1 aliphatic rings. The highest BCUT2D eigenvalue weighted by molar-refractivity contribution is 7.12. The number of hydrogen-bond donors (Lipinski definition) is 1. The van der Waals surface area contributed by atoms with Crippen molar-refractivity contribution < 1.29 is 19.4 Å². The molecule has 2 heterocycles. The van der Waals surface area contributed by atoms with E-state index < -0.39 is 17.7 Å². The lowest BCUT2D eigenvalue weighted by Gasteiger charge is -2.27. The maximum Gasteiger partial charge on any atom is 0.294 e. The van der Waals surface area contributed by atoms with Crippen LogP contribution in [0.25, 0.3) is 0 Å². The van der Waals surface area contributed by atoms with Crippen molar-refractivity contribution in [3.05, 3.63) is 92.8 Å². The molecule has 1 aromatic heterocycles. The predicted octanol–water partition coefficient (Wildman–Crippen LogP) is 5.58. The number of amides is 1. The Bertz CT molecular complexity index is 1110. The highest BCUT2D eigenvalue weighted by Gasteiger charge is 2.44. The van der Waals surface area contributed by atoms with E-state index in [4.69, 9.17) is 16.3 Å². The average Bonchev–Trinajstić information content (AvgIpc) is 3.37. The second-order valence-corrected chi connectivity index (χ2v) is 8.01. The Labute approximate surface area is 182 Å². The largest absolute Gasteiger partial charge is 0.503 e. The average molecular weight is 440 g/mol. The SMILES string of the molecule is CCOc1ccc(N2C(=O)C(O)=C(C(=O)c3cccs3)C2c2ccc(Cl)cc2)cc1. The van der Waals surface area contributed by atoms with E-state index in [0.29, 0.717) is 33.5 Å². The van der Waals surface area contributed by atoms with Gasteiger partial charge in [0, 0.05) is 10.7 Å². The number of carbonyl (C=O) groups is 2. The Kier molecular flexibility index (Phi) is 5.61. The van der Waals surface area contributed by atoms with Gasteiger partial charge in [-0.3, -0.25) is 14.5 Å². The molecule has 0 saturated carbocycles. The van der Waals surface area contributed by atoms with Crippen molar-refractivity contribution in [2.45, 2.75) is 13.0 Å². The number of anilines is 1. The smallest absolute Gasteiger partial charge is 0.294 e. The van der Waals surface area contributed by atoms with Gasteiger partial charge in [0.2, 0.25) is 5.78 Å². The number of carbonyl (C=O) groups excluding carboxylic acids is 2. The summed E-state index contributed by atoms with van der Waals surface area (Å²) in [5.74, 6) is -0.867. The van der Waals surface area contributed by atoms with Gasteiger partial charge < -0.3 is 9.84 Å². The van der Waals surface area contributed by atoms with Crippen molar-refractivity contribution in [1.82, 2.24) is 0 Å². The summed E-state index contributed by atoms with van der Waals surface area (Å²) in [6, 6.07) is 16.5. The van der Waals surface area contributed by atoms with Crippen LogP contribution in [0.1, 0.15) is 28.2 Å². The highest BCUT2D eigenvalue weighted by Crippen LogP contribution is 2.42. The zero-order chi connectivity index (χ0) is 21.3. The van der Waals surface area contributed by atoms with Gasteiger partial charge in [-0.05, 0) is 60.3 Å². The van der Waals surface area contributed by atoms with E-state index in [1.807, 2.05) is 6.92 Å². The number of rotatable bonds is 6. The van der Waals surface area contributed by atoms with Gasteiger partial charge in [0.25, 0.3) is 5.91 Å². The maximum absolute atomic E-state index is 13.2. The fourth-order valence-corrected chi connectivity index (χ4v) is 4.28. The maximum atomic E-state index is 13.2. The van der Waals surface area contributed by atoms with Crippen molar-refractivity contribution in [3.63, 3.8) is 0 Å². The number of halogens is 1. The van der Waals surface area contributed by atoms with Gasteiger partial charge >= 0.3 is 0 Å². The number of nitrogens with zero attached hydrogens (tertiary/aromatic N) is 1. The zero-order valence-corrected chi connectivity index (χ0v) is 17.6. The summed E-state index contributed by atoms with van der Waals surface area (Å²) < 4.78 is 5.47. The third-order valence-electron chi connectivity index (χ3n) is 4.81. The molecule has 2 aromatic carbocycles. The molecule has 5 nitrogen and oxygen atoms in total. The summed E-state index contributed by atoms with van der Waals surface area (Å²) in [7, 11) is 0. The number of ketones is 1. The summed E-state index contributed by atoms with van der Waals surface area (Å²) >= 11 is 7.30. The minimum atomic E-state index is -0.776. The van der Waals surface area contributed by atoms with Crippen molar-refractivity contribution in [2.24, 2.45) is 0 Å². The molecule has 0 saturated heterocycles. The van der Waals surface area contributed by atoms with Crippen LogP contribution in [0.3, 0.4) is 0 Å². The monoisotopic (exact) mass is 439 g/mol. The minimum absolute atomic E-state index is 0.0543. The molecule has 4 rings (SSSR count). The summed E-state index contributed by atoms with van der Waals surface area (Å²) in [5, 5.41) is 13.0. The molecule has 3 aromatic rings. The Hall–Kier alpha value is -3.09.